The summed E-state index contributed by atoms with van der Waals surface area (Å²) < 4.78 is 34.6. The van der Waals surface area contributed by atoms with Gasteiger partial charge in [-0.05, 0) is 6.42 Å². The standard InChI is InChI=1S/C23H46N6O13/c24-2-7-13(32)15(34)10(28)21(37-7)40-18-6(27)1-5(26)12(31)20(18)42-23-17(36)19(9(4-30)39-23)41-22-11(29)16(35)14(33)8(3-25)38-22/h5-23,30-36H,1-4,24-29H2/t5?,6?,7?,8?,9-,10?,11?,12?,13-,14?,15?,16-,17?,18?,19?,20-,21-,22?,23+/m1/s1. The van der Waals surface area contributed by atoms with Crippen LogP contribution in [-0.4, -0.2) is 172 Å². The van der Waals surface area contributed by atoms with E-state index in [9.17, 15) is 35.7 Å². The van der Waals surface area contributed by atoms with E-state index in [0.717, 1.165) is 0 Å². The van der Waals surface area contributed by atoms with Gasteiger partial charge in [-0.1, -0.05) is 0 Å². The molecule has 19 N–H and O–H groups in total. The summed E-state index contributed by atoms with van der Waals surface area (Å²) in [4.78, 5) is 0. The lowest BCUT2D eigenvalue weighted by Crippen LogP contribution is -2.68. The summed E-state index contributed by atoms with van der Waals surface area (Å²) in [5, 5.41) is 73.0. The summed E-state index contributed by atoms with van der Waals surface area (Å²) in [6, 6.07) is -4.18. The molecule has 4 rings (SSSR count). The first-order valence-electron chi connectivity index (χ1n) is 13.9. The van der Waals surface area contributed by atoms with Crippen molar-refractivity contribution in [2.75, 3.05) is 19.7 Å². The third-order valence-corrected chi connectivity index (χ3v) is 8.37. The number of hydrogen-bond acceptors (Lipinski definition) is 19. The van der Waals surface area contributed by atoms with Crippen molar-refractivity contribution in [1.29, 1.82) is 0 Å². The zero-order chi connectivity index (χ0) is 31.0. The molecular weight excluding hydrogens is 568 g/mol. The van der Waals surface area contributed by atoms with E-state index in [2.05, 4.69) is 0 Å². The predicted molar refractivity (Wildman–Crippen MR) is 138 cm³/mol. The van der Waals surface area contributed by atoms with Gasteiger partial charge >= 0.3 is 0 Å². The Balaban J connectivity index is 1.50. The van der Waals surface area contributed by atoms with Gasteiger partial charge in [-0.3, -0.25) is 0 Å². The highest BCUT2D eigenvalue weighted by molar-refractivity contribution is 5.02. The molecule has 3 heterocycles. The van der Waals surface area contributed by atoms with Crippen molar-refractivity contribution in [3.8, 4) is 0 Å². The van der Waals surface area contributed by atoms with E-state index < -0.39 is 123 Å². The van der Waals surface area contributed by atoms with Crippen molar-refractivity contribution in [2.45, 2.75) is 123 Å². The molecule has 3 saturated heterocycles. The van der Waals surface area contributed by atoms with Gasteiger partial charge in [-0.15, -0.1) is 0 Å². The van der Waals surface area contributed by atoms with E-state index in [1.165, 1.54) is 0 Å². The third kappa shape index (κ3) is 6.60. The maximum absolute atomic E-state index is 11.1. The average molecular weight is 615 g/mol. The van der Waals surface area contributed by atoms with E-state index in [4.69, 9.17) is 62.8 Å². The van der Waals surface area contributed by atoms with Gasteiger partial charge in [0, 0.05) is 25.2 Å². The Hall–Kier alpha value is -0.760. The first-order valence-corrected chi connectivity index (χ1v) is 13.9. The molecule has 3 aliphatic heterocycles. The van der Waals surface area contributed by atoms with Gasteiger partial charge < -0.3 is 98.6 Å². The molecule has 0 radical (unpaired) electrons. The van der Waals surface area contributed by atoms with E-state index in [1.54, 1.807) is 0 Å². The molecule has 0 aromatic heterocycles. The number of aliphatic hydroxyl groups excluding tert-OH is 7. The quantitative estimate of drug-likeness (QED) is 0.115. The molecule has 42 heavy (non-hydrogen) atoms. The van der Waals surface area contributed by atoms with Crippen molar-refractivity contribution >= 4 is 0 Å². The Morgan fingerprint density at radius 2 is 0.976 bits per heavy atom. The fraction of sp³-hybridized carbons (Fsp3) is 1.00. The van der Waals surface area contributed by atoms with Crippen LogP contribution in [0.1, 0.15) is 6.42 Å². The predicted octanol–water partition coefficient (Wildman–Crippen LogP) is -8.90. The van der Waals surface area contributed by atoms with Gasteiger partial charge in [-0.2, -0.15) is 0 Å². The summed E-state index contributed by atoms with van der Waals surface area (Å²) in [7, 11) is 0. The van der Waals surface area contributed by atoms with Crippen LogP contribution in [0.3, 0.4) is 0 Å². The zero-order valence-electron chi connectivity index (χ0n) is 22.8. The second-order valence-electron chi connectivity index (χ2n) is 11.2. The summed E-state index contributed by atoms with van der Waals surface area (Å²) >= 11 is 0. The zero-order valence-corrected chi connectivity index (χ0v) is 22.8. The molecular formula is C23H46N6O13. The molecule has 246 valence electrons. The lowest BCUT2D eigenvalue weighted by atomic mass is 9.84. The molecule has 0 aromatic rings. The smallest absolute Gasteiger partial charge is 0.187 e. The highest BCUT2D eigenvalue weighted by atomic mass is 16.8. The molecule has 1 saturated carbocycles. The highest BCUT2D eigenvalue weighted by Crippen LogP contribution is 2.34. The molecule has 19 heteroatoms. The van der Waals surface area contributed by atoms with Gasteiger partial charge in [0.25, 0.3) is 0 Å². The van der Waals surface area contributed by atoms with Crippen LogP contribution in [0, 0.1) is 0 Å². The Morgan fingerprint density at radius 3 is 1.45 bits per heavy atom. The highest BCUT2D eigenvalue weighted by Gasteiger charge is 2.54. The molecule has 19 nitrogen and oxygen atoms in total. The second kappa shape index (κ2) is 14.1. The van der Waals surface area contributed by atoms with Crippen molar-refractivity contribution < 1.29 is 64.2 Å². The van der Waals surface area contributed by atoms with E-state index >= 15 is 0 Å². The van der Waals surface area contributed by atoms with Crippen molar-refractivity contribution in [1.82, 2.24) is 0 Å². The molecule has 19 atom stereocenters. The molecule has 4 fully saturated rings. The lowest BCUT2D eigenvalue weighted by Gasteiger charge is -2.47. The number of aliphatic hydroxyl groups is 7. The van der Waals surface area contributed by atoms with E-state index in [0.29, 0.717) is 0 Å². The fourth-order valence-electron chi connectivity index (χ4n) is 5.74. The number of rotatable bonds is 9. The second-order valence-corrected chi connectivity index (χ2v) is 11.2. The van der Waals surface area contributed by atoms with E-state index in [-0.39, 0.29) is 19.5 Å². The van der Waals surface area contributed by atoms with Crippen LogP contribution >= 0.6 is 0 Å². The van der Waals surface area contributed by atoms with Crippen molar-refractivity contribution in [2.24, 2.45) is 34.4 Å². The van der Waals surface area contributed by atoms with Crippen LogP contribution in [0.5, 0.6) is 0 Å². The minimum absolute atomic E-state index is 0.0889. The summed E-state index contributed by atoms with van der Waals surface area (Å²) in [6.45, 7) is -0.967. The Labute approximate surface area is 241 Å². The summed E-state index contributed by atoms with van der Waals surface area (Å²) in [5.74, 6) is 0. The van der Waals surface area contributed by atoms with Gasteiger partial charge in [0.05, 0.1) is 24.8 Å². The van der Waals surface area contributed by atoms with Gasteiger partial charge in [0.2, 0.25) is 0 Å². The molecule has 0 bridgehead atoms. The molecule has 13 unspecified atom stereocenters. The maximum atomic E-state index is 11.1. The normalized spacial score (nSPS) is 53.8. The number of ether oxygens (including phenoxy) is 6. The molecule has 0 spiro atoms. The average Bonchev–Trinajstić information content (AvgIpc) is 3.27. The van der Waals surface area contributed by atoms with Crippen molar-refractivity contribution in [3.63, 3.8) is 0 Å². The fourth-order valence-corrected chi connectivity index (χ4v) is 5.74. The molecule has 0 amide bonds. The summed E-state index contributed by atoms with van der Waals surface area (Å²) in [5.41, 5.74) is 35.6. The third-order valence-electron chi connectivity index (χ3n) is 8.37. The Morgan fingerprint density at radius 1 is 0.524 bits per heavy atom. The number of hydrogen-bond donors (Lipinski definition) is 13. The van der Waals surface area contributed by atoms with Crippen LogP contribution in [0.2, 0.25) is 0 Å². The van der Waals surface area contributed by atoms with E-state index in [1.807, 2.05) is 0 Å². The molecule has 4 aliphatic rings. The lowest BCUT2D eigenvalue weighted by molar-refractivity contribution is -0.306. The van der Waals surface area contributed by atoms with Crippen molar-refractivity contribution in [3.05, 3.63) is 0 Å². The SMILES string of the molecule is NCC1OC(OC2C(O)[C@H](O[C@@H]3C(O)C(N)CC(N)C3O[C@H]3OC(CN)[C@@H](O)C(O)C3N)O[C@@H]2CO)C(N)[C@@H](O)C1O. The Kier molecular flexibility index (Phi) is 11.5. The van der Waals surface area contributed by atoms with Gasteiger partial charge in [0.1, 0.15) is 67.1 Å². The topological polar surface area (TPSA) is 353 Å². The minimum Gasteiger partial charge on any atom is -0.394 e. The van der Waals surface area contributed by atoms with Gasteiger partial charge in [-0.25, -0.2) is 0 Å². The molecule has 0 aromatic carbocycles. The van der Waals surface area contributed by atoms with Crippen LogP contribution in [0.15, 0.2) is 0 Å². The van der Waals surface area contributed by atoms with Crippen LogP contribution in [-0.2, 0) is 28.4 Å². The summed E-state index contributed by atoms with van der Waals surface area (Å²) in [6.07, 6.45) is -19.8. The van der Waals surface area contributed by atoms with Gasteiger partial charge in [0.15, 0.2) is 18.9 Å². The number of nitrogens with two attached hydrogens (primary N) is 6. The largest absolute Gasteiger partial charge is 0.394 e. The van der Waals surface area contributed by atoms with Crippen LogP contribution < -0.4 is 34.4 Å². The van der Waals surface area contributed by atoms with Crippen LogP contribution in [0.4, 0.5) is 0 Å². The minimum atomic E-state index is -1.60. The monoisotopic (exact) mass is 614 g/mol. The Bertz CT molecular complexity index is 868. The van der Waals surface area contributed by atoms with Crippen LogP contribution in [0.25, 0.3) is 0 Å². The first kappa shape index (κ1) is 34.1. The maximum Gasteiger partial charge on any atom is 0.187 e. The molecule has 1 aliphatic carbocycles. The first-order chi connectivity index (χ1) is 19.8.